The van der Waals surface area contributed by atoms with Crippen molar-refractivity contribution in [2.75, 3.05) is 7.11 Å². The molecule has 0 N–H and O–H groups in total. The Balaban J connectivity index is 2.14. The molecule has 88 valence electrons. The first-order valence-corrected chi connectivity index (χ1v) is 5.53. The SMILES string of the molecule is COC1(C)OC2OC(C)C(C)C(C)C2O1. The van der Waals surface area contributed by atoms with Crippen LogP contribution in [0.25, 0.3) is 0 Å². The zero-order valence-corrected chi connectivity index (χ0v) is 10.0. The van der Waals surface area contributed by atoms with Gasteiger partial charge in [-0.1, -0.05) is 13.8 Å². The molecule has 2 aliphatic rings. The van der Waals surface area contributed by atoms with Gasteiger partial charge in [-0.05, 0) is 18.8 Å². The lowest BCUT2D eigenvalue weighted by molar-refractivity contribution is -0.333. The van der Waals surface area contributed by atoms with Gasteiger partial charge in [0, 0.05) is 14.0 Å². The molecule has 4 heteroatoms. The van der Waals surface area contributed by atoms with Gasteiger partial charge in [0.1, 0.15) is 6.10 Å². The average Bonchev–Trinajstić information content (AvgIpc) is 2.53. The summed E-state index contributed by atoms with van der Waals surface area (Å²) in [6.07, 6.45) is -0.124. The lowest BCUT2D eigenvalue weighted by Crippen LogP contribution is -2.46. The number of fused-ring (bicyclic) bond motifs is 1. The molecule has 2 aliphatic heterocycles. The van der Waals surface area contributed by atoms with Crippen LogP contribution in [0.2, 0.25) is 0 Å². The van der Waals surface area contributed by atoms with E-state index in [1.807, 2.05) is 0 Å². The number of hydrogen-bond donors (Lipinski definition) is 0. The maximum Gasteiger partial charge on any atom is 0.282 e. The first-order valence-electron chi connectivity index (χ1n) is 5.53. The van der Waals surface area contributed by atoms with Gasteiger partial charge in [0.2, 0.25) is 0 Å². The smallest absolute Gasteiger partial charge is 0.282 e. The lowest BCUT2D eigenvalue weighted by Gasteiger charge is -2.38. The molecule has 2 rings (SSSR count). The molecule has 0 amide bonds. The minimum atomic E-state index is -0.951. The number of rotatable bonds is 1. The van der Waals surface area contributed by atoms with E-state index in [2.05, 4.69) is 20.8 Å². The van der Waals surface area contributed by atoms with Crippen molar-refractivity contribution >= 4 is 0 Å². The normalized spacial score (nSPS) is 55.4. The maximum atomic E-state index is 5.76. The molecule has 0 aromatic carbocycles. The van der Waals surface area contributed by atoms with Gasteiger partial charge in [0.25, 0.3) is 5.97 Å². The van der Waals surface area contributed by atoms with Crippen LogP contribution in [-0.4, -0.2) is 31.6 Å². The third kappa shape index (κ3) is 1.80. The predicted octanol–water partition coefficient (Wildman–Crippen LogP) is 1.74. The second-order valence-electron chi connectivity index (χ2n) is 4.69. The molecule has 2 fully saturated rings. The van der Waals surface area contributed by atoms with Gasteiger partial charge >= 0.3 is 0 Å². The molecule has 2 saturated heterocycles. The van der Waals surface area contributed by atoms with Crippen LogP contribution < -0.4 is 0 Å². The second kappa shape index (κ2) is 3.70. The molecule has 0 aromatic heterocycles. The van der Waals surface area contributed by atoms with Crippen molar-refractivity contribution in [3.05, 3.63) is 0 Å². The van der Waals surface area contributed by atoms with Crippen LogP contribution in [0.1, 0.15) is 27.7 Å². The zero-order valence-electron chi connectivity index (χ0n) is 10.0. The second-order valence-corrected chi connectivity index (χ2v) is 4.69. The molecule has 0 spiro atoms. The predicted molar refractivity (Wildman–Crippen MR) is 54.0 cm³/mol. The number of ether oxygens (including phenoxy) is 4. The summed E-state index contributed by atoms with van der Waals surface area (Å²) in [5, 5.41) is 0. The van der Waals surface area contributed by atoms with Gasteiger partial charge < -0.3 is 14.2 Å². The minimum Gasteiger partial charge on any atom is -0.346 e. The van der Waals surface area contributed by atoms with Crippen molar-refractivity contribution in [2.24, 2.45) is 11.8 Å². The molecule has 0 aromatic rings. The highest BCUT2D eigenvalue weighted by Gasteiger charge is 2.52. The van der Waals surface area contributed by atoms with Crippen molar-refractivity contribution < 1.29 is 18.9 Å². The number of methoxy groups -OCH3 is 1. The molecular formula is C11H20O4. The van der Waals surface area contributed by atoms with E-state index in [0.717, 1.165) is 0 Å². The fraction of sp³-hybridized carbons (Fsp3) is 1.00. The third-order valence-electron chi connectivity index (χ3n) is 3.76. The van der Waals surface area contributed by atoms with Crippen molar-refractivity contribution in [1.82, 2.24) is 0 Å². The fourth-order valence-electron chi connectivity index (χ4n) is 2.23. The molecule has 15 heavy (non-hydrogen) atoms. The average molecular weight is 216 g/mol. The highest BCUT2D eigenvalue weighted by Crippen LogP contribution is 2.41. The Labute approximate surface area is 90.8 Å². The molecular weight excluding hydrogens is 196 g/mol. The summed E-state index contributed by atoms with van der Waals surface area (Å²) >= 11 is 0. The van der Waals surface area contributed by atoms with E-state index in [1.165, 1.54) is 0 Å². The zero-order chi connectivity index (χ0) is 11.2. The first-order chi connectivity index (χ1) is 6.97. The topological polar surface area (TPSA) is 36.9 Å². The molecule has 0 aliphatic carbocycles. The molecule has 6 unspecified atom stereocenters. The Morgan fingerprint density at radius 1 is 1.07 bits per heavy atom. The van der Waals surface area contributed by atoms with E-state index in [1.54, 1.807) is 14.0 Å². The molecule has 2 heterocycles. The van der Waals surface area contributed by atoms with Crippen molar-refractivity contribution in [2.45, 2.75) is 52.2 Å². The Morgan fingerprint density at radius 2 is 1.73 bits per heavy atom. The summed E-state index contributed by atoms with van der Waals surface area (Å²) in [7, 11) is 1.58. The molecule has 6 atom stereocenters. The van der Waals surface area contributed by atoms with Crippen LogP contribution in [-0.2, 0) is 18.9 Å². The minimum absolute atomic E-state index is 0.0267. The van der Waals surface area contributed by atoms with Crippen LogP contribution in [0, 0.1) is 11.8 Å². The Morgan fingerprint density at radius 3 is 2.33 bits per heavy atom. The van der Waals surface area contributed by atoms with Gasteiger partial charge in [0.15, 0.2) is 6.29 Å². The summed E-state index contributed by atoms with van der Waals surface area (Å²) < 4.78 is 22.3. The number of hydrogen-bond acceptors (Lipinski definition) is 4. The quantitative estimate of drug-likeness (QED) is 0.669. The first kappa shape index (κ1) is 11.3. The third-order valence-corrected chi connectivity index (χ3v) is 3.76. The summed E-state index contributed by atoms with van der Waals surface area (Å²) in [6, 6.07) is 0. The van der Waals surface area contributed by atoms with Crippen LogP contribution in [0.5, 0.6) is 0 Å². The summed E-state index contributed by atoms with van der Waals surface area (Å²) in [6.45, 7) is 8.20. The molecule has 0 saturated carbocycles. The van der Waals surface area contributed by atoms with Crippen LogP contribution in [0.15, 0.2) is 0 Å². The monoisotopic (exact) mass is 216 g/mol. The highest BCUT2D eigenvalue weighted by atomic mass is 16.9. The van der Waals surface area contributed by atoms with E-state index < -0.39 is 5.97 Å². The fourth-order valence-corrected chi connectivity index (χ4v) is 2.23. The van der Waals surface area contributed by atoms with Crippen molar-refractivity contribution in [3.63, 3.8) is 0 Å². The Hall–Kier alpha value is -0.160. The van der Waals surface area contributed by atoms with Crippen molar-refractivity contribution in [3.8, 4) is 0 Å². The summed E-state index contributed by atoms with van der Waals surface area (Å²) in [5.41, 5.74) is 0. The van der Waals surface area contributed by atoms with Gasteiger partial charge in [-0.25, -0.2) is 0 Å². The van der Waals surface area contributed by atoms with Gasteiger partial charge in [-0.3, -0.25) is 4.74 Å². The van der Waals surface area contributed by atoms with E-state index in [0.29, 0.717) is 11.8 Å². The Bertz CT molecular complexity index is 245. The lowest BCUT2D eigenvalue weighted by atomic mass is 9.84. The molecule has 0 bridgehead atoms. The van der Waals surface area contributed by atoms with Gasteiger partial charge in [-0.2, -0.15) is 0 Å². The highest BCUT2D eigenvalue weighted by molar-refractivity contribution is 4.87. The summed E-state index contributed by atoms with van der Waals surface area (Å²) in [5.74, 6) is -0.0716. The molecule has 4 nitrogen and oxygen atoms in total. The van der Waals surface area contributed by atoms with Gasteiger partial charge in [0.05, 0.1) is 6.10 Å². The maximum absolute atomic E-state index is 5.76. The van der Waals surface area contributed by atoms with Crippen molar-refractivity contribution in [1.29, 1.82) is 0 Å². The van der Waals surface area contributed by atoms with Crippen LogP contribution in [0.3, 0.4) is 0 Å². The molecule has 0 radical (unpaired) electrons. The van der Waals surface area contributed by atoms with Gasteiger partial charge in [-0.15, -0.1) is 0 Å². The van der Waals surface area contributed by atoms with E-state index in [9.17, 15) is 0 Å². The standard InChI is InChI=1S/C11H20O4/c1-6-7(2)9-10(13-8(6)3)15-11(4,12-5)14-9/h6-10H,1-5H3. The van der Waals surface area contributed by atoms with E-state index in [4.69, 9.17) is 18.9 Å². The van der Waals surface area contributed by atoms with E-state index in [-0.39, 0.29) is 18.5 Å². The van der Waals surface area contributed by atoms with E-state index >= 15 is 0 Å². The summed E-state index contributed by atoms with van der Waals surface area (Å²) in [4.78, 5) is 0. The van der Waals surface area contributed by atoms with Crippen LogP contribution in [0.4, 0.5) is 0 Å². The Kier molecular flexibility index (Phi) is 2.79. The largest absolute Gasteiger partial charge is 0.346 e. The van der Waals surface area contributed by atoms with Crippen LogP contribution >= 0.6 is 0 Å².